The second-order valence-electron chi connectivity index (χ2n) is 14.3. The Balaban J connectivity index is 0.856. The van der Waals surface area contributed by atoms with Gasteiger partial charge in [0.1, 0.15) is 16.9 Å². The number of nitrogens with one attached hydrogen (secondary N) is 2. The van der Waals surface area contributed by atoms with Crippen molar-refractivity contribution in [1.82, 2.24) is 30.3 Å². The third-order valence-corrected chi connectivity index (χ3v) is 12.7. The fourth-order valence-electron chi connectivity index (χ4n) is 8.75. The first-order valence-electron chi connectivity index (χ1n) is 17.1. The van der Waals surface area contributed by atoms with Gasteiger partial charge < -0.3 is 10.2 Å². The molecule has 4 amide bonds. The van der Waals surface area contributed by atoms with E-state index in [4.69, 9.17) is 0 Å². The lowest BCUT2D eigenvalue weighted by atomic mass is 9.58. The van der Waals surface area contributed by atoms with Crippen molar-refractivity contribution in [3.05, 3.63) is 53.0 Å². The number of pyridine rings is 1. The molecule has 1 unspecified atom stereocenters. The molecule has 14 heteroatoms. The first-order valence-corrected chi connectivity index (χ1v) is 17.9. The summed E-state index contributed by atoms with van der Waals surface area (Å²) in [5.74, 6) is -1.02. The maximum Gasteiger partial charge on any atom is 0.249 e. The number of piperidine rings is 3. The summed E-state index contributed by atoms with van der Waals surface area (Å²) in [4.78, 5) is 61.9. The molecule has 5 aliphatic rings. The molecule has 2 N–H and O–H groups in total. The lowest BCUT2D eigenvalue weighted by molar-refractivity contribution is -0.138. The van der Waals surface area contributed by atoms with Gasteiger partial charge in [0.15, 0.2) is 5.01 Å². The molecule has 1 saturated carbocycles. The van der Waals surface area contributed by atoms with E-state index in [1.165, 1.54) is 17.0 Å². The number of hydrogen-bond acceptors (Lipinski definition) is 10. The van der Waals surface area contributed by atoms with Crippen molar-refractivity contribution in [3.8, 4) is 10.6 Å². The standard InChI is InChI=1S/C35H39FN8O4S/c1-37-25-6-11-38-19-23(25)32-41-40-31(49-32)21-17-34(18-21)7-14-43(15-8-34)29(46)20-42-12-9-35(10-13-42)24-16-22(36)2-3-26(24)44(33(35)48)27-4-5-28(45)39-30(27)47/h2-3,6,11,16,19,21,27H,4-5,7-10,12-15,17-18,20H2,1H3,(H,37,38)(H,39,45,47). The summed E-state index contributed by atoms with van der Waals surface area (Å²) in [6.45, 7) is 2.77. The van der Waals surface area contributed by atoms with Gasteiger partial charge in [0.2, 0.25) is 23.6 Å². The molecule has 8 rings (SSSR count). The molecule has 2 spiro atoms. The Morgan fingerprint density at radius 2 is 1.84 bits per heavy atom. The van der Waals surface area contributed by atoms with Crippen LogP contribution in [0.1, 0.15) is 67.9 Å². The van der Waals surface area contributed by atoms with Gasteiger partial charge in [-0.25, -0.2) is 4.39 Å². The highest BCUT2D eigenvalue weighted by Crippen LogP contribution is 2.57. The Bertz CT molecular complexity index is 1820. The van der Waals surface area contributed by atoms with Gasteiger partial charge in [0, 0.05) is 69.3 Å². The van der Waals surface area contributed by atoms with Gasteiger partial charge in [-0.2, -0.15) is 0 Å². The van der Waals surface area contributed by atoms with E-state index in [1.807, 2.05) is 24.2 Å². The van der Waals surface area contributed by atoms with E-state index in [9.17, 15) is 23.6 Å². The molecule has 3 aromatic rings. The van der Waals surface area contributed by atoms with Crippen molar-refractivity contribution >= 4 is 46.3 Å². The van der Waals surface area contributed by atoms with Crippen molar-refractivity contribution < 1.29 is 23.6 Å². The molecular formula is C35H39FN8O4S. The van der Waals surface area contributed by atoms with Crippen LogP contribution in [0.2, 0.25) is 0 Å². The number of likely N-dealkylation sites (tertiary alicyclic amines) is 2. The Morgan fingerprint density at radius 1 is 1.06 bits per heavy atom. The number of carbonyl (C=O) groups is 4. The Labute approximate surface area is 287 Å². The smallest absolute Gasteiger partial charge is 0.249 e. The van der Waals surface area contributed by atoms with Crippen LogP contribution < -0.4 is 15.5 Å². The zero-order valence-electron chi connectivity index (χ0n) is 27.4. The van der Waals surface area contributed by atoms with Crippen LogP contribution in [0.15, 0.2) is 36.7 Å². The van der Waals surface area contributed by atoms with Crippen molar-refractivity contribution in [3.63, 3.8) is 0 Å². The zero-order valence-corrected chi connectivity index (χ0v) is 28.2. The number of fused-ring (bicyclic) bond motifs is 2. The molecule has 3 saturated heterocycles. The molecule has 4 fully saturated rings. The molecule has 1 aromatic carbocycles. The number of imide groups is 1. The number of nitrogens with zero attached hydrogens (tertiary/aromatic N) is 6. The fourth-order valence-corrected chi connectivity index (χ4v) is 9.72. The molecule has 2 aromatic heterocycles. The van der Waals surface area contributed by atoms with Crippen LogP contribution in [0, 0.1) is 11.2 Å². The number of benzene rings is 1. The highest BCUT2D eigenvalue weighted by Gasteiger charge is 2.55. The van der Waals surface area contributed by atoms with Gasteiger partial charge in [0.05, 0.1) is 17.5 Å². The first-order chi connectivity index (χ1) is 23.7. The third-order valence-electron chi connectivity index (χ3n) is 11.6. The summed E-state index contributed by atoms with van der Waals surface area (Å²) >= 11 is 1.64. The molecule has 49 heavy (non-hydrogen) atoms. The summed E-state index contributed by atoms with van der Waals surface area (Å²) < 4.78 is 14.5. The van der Waals surface area contributed by atoms with Gasteiger partial charge >= 0.3 is 0 Å². The minimum absolute atomic E-state index is 0.0987. The van der Waals surface area contributed by atoms with Crippen molar-refractivity contribution in [2.24, 2.45) is 5.41 Å². The number of hydrogen-bond donors (Lipinski definition) is 2. The van der Waals surface area contributed by atoms with E-state index < -0.39 is 23.2 Å². The molecule has 0 bridgehead atoms. The number of rotatable bonds is 6. The molecule has 1 atom stereocenters. The summed E-state index contributed by atoms with van der Waals surface area (Å²) in [5, 5.41) is 16.5. The second kappa shape index (κ2) is 12.2. The predicted octanol–water partition coefficient (Wildman–Crippen LogP) is 3.45. The lowest BCUT2D eigenvalue weighted by Crippen LogP contribution is -2.57. The molecule has 256 valence electrons. The Hall–Kier alpha value is -4.30. The second-order valence-corrected chi connectivity index (χ2v) is 15.3. The molecule has 6 heterocycles. The van der Waals surface area contributed by atoms with E-state index in [0.717, 1.165) is 60.0 Å². The summed E-state index contributed by atoms with van der Waals surface area (Å²) in [6.07, 6.45) is 8.88. The monoisotopic (exact) mass is 686 g/mol. The predicted molar refractivity (Wildman–Crippen MR) is 180 cm³/mol. The largest absolute Gasteiger partial charge is 0.387 e. The number of carbonyl (C=O) groups excluding carboxylic acids is 4. The van der Waals surface area contributed by atoms with Crippen molar-refractivity contribution in [2.45, 2.75) is 68.7 Å². The third kappa shape index (κ3) is 5.49. The van der Waals surface area contributed by atoms with Crippen LogP contribution >= 0.6 is 11.3 Å². The molecule has 4 aliphatic heterocycles. The van der Waals surface area contributed by atoms with Gasteiger partial charge in [0.25, 0.3) is 0 Å². The van der Waals surface area contributed by atoms with E-state index >= 15 is 0 Å². The Kier molecular flexibility index (Phi) is 7.97. The van der Waals surface area contributed by atoms with Crippen molar-refractivity contribution in [2.75, 3.05) is 50.0 Å². The molecule has 0 radical (unpaired) electrons. The average Bonchev–Trinajstić information content (AvgIpc) is 3.66. The summed E-state index contributed by atoms with van der Waals surface area (Å²) in [7, 11) is 1.89. The van der Waals surface area contributed by atoms with Gasteiger partial charge in [-0.15, -0.1) is 10.2 Å². The maximum absolute atomic E-state index is 14.5. The minimum Gasteiger partial charge on any atom is -0.387 e. The lowest BCUT2D eigenvalue weighted by Gasteiger charge is -2.51. The van der Waals surface area contributed by atoms with E-state index in [0.29, 0.717) is 43.1 Å². The topological polar surface area (TPSA) is 141 Å². The normalized spacial score (nSPS) is 23.5. The molecule has 12 nitrogen and oxygen atoms in total. The van der Waals surface area contributed by atoms with Crippen LogP contribution in [0.5, 0.6) is 0 Å². The van der Waals surface area contributed by atoms with Gasteiger partial charge in [-0.1, -0.05) is 11.3 Å². The Morgan fingerprint density at radius 3 is 2.57 bits per heavy atom. The van der Waals surface area contributed by atoms with E-state index in [2.05, 4.69) is 30.7 Å². The summed E-state index contributed by atoms with van der Waals surface area (Å²) in [6, 6.07) is 5.41. The van der Waals surface area contributed by atoms with Crippen LogP contribution in [0.25, 0.3) is 10.6 Å². The number of aromatic nitrogens is 3. The molecular weight excluding hydrogens is 648 g/mol. The highest BCUT2D eigenvalue weighted by atomic mass is 32.1. The number of anilines is 2. The maximum atomic E-state index is 14.5. The number of halogens is 1. The SMILES string of the molecule is CNc1ccncc1-c1nnc(C2CC3(CCN(C(=O)CN4CCC5(CC4)C(=O)N(C4CCC(=O)NC4=O)c4ccc(F)cc45)CC3)C2)s1. The van der Waals surface area contributed by atoms with Crippen LogP contribution in [-0.4, -0.2) is 94.4 Å². The highest BCUT2D eigenvalue weighted by molar-refractivity contribution is 7.14. The van der Waals surface area contributed by atoms with E-state index in [-0.39, 0.29) is 42.5 Å². The average molecular weight is 687 g/mol. The zero-order chi connectivity index (χ0) is 33.9. The molecule has 1 aliphatic carbocycles. The number of amides is 4. The summed E-state index contributed by atoms with van der Waals surface area (Å²) in [5.41, 5.74) is 2.36. The quantitative estimate of drug-likeness (QED) is 0.373. The van der Waals surface area contributed by atoms with Crippen LogP contribution in [-0.2, 0) is 24.6 Å². The van der Waals surface area contributed by atoms with Crippen LogP contribution in [0.4, 0.5) is 15.8 Å². The van der Waals surface area contributed by atoms with E-state index in [1.54, 1.807) is 23.6 Å². The van der Waals surface area contributed by atoms with Crippen molar-refractivity contribution in [1.29, 1.82) is 0 Å². The van der Waals surface area contributed by atoms with Gasteiger partial charge in [-0.3, -0.25) is 39.3 Å². The minimum atomic E-state index is -0.960. The first kappa shape index (κ1) is 31.9. The van der Waals surface area contributed by atoms with Crippen LogP contribution in [0.3, 0.4) is 0 Å². The van der Waals surface area contributed by atoms with Gasteiger partial charge in [-0.05, 0) is 80.2 Å². The fraction of sp³-hybridized carbons (Fsp3) is 0.514.